The maximum Gasteiger partial charge on any atom is 0.270 e. The molecule has 3 N–H and O–H groups in total. The van der Waals surface area contributed by atoms with Crippen LogP contribution in [0.2, 0.25) is 0 Å². The number of aromatic nitrogens is 2. The lowest BCUT2D eigenvalue weighted by Gasteiger charge is -2.14. The second kappa shape index (κ2) is 10.1. The van der Waals surface area contributed by atoms with Crippen LogP contribution in [0.3, 0.4) is 0 Å². The minimum atomic E-state index is -0.818. The molecule has 182 valence electrons. The fraction of sp³-hybridized carbons (Fsp3) is 0.172. The van der Waals surface area contributed by atoms with Crippen LogP contribution >= 0.6 is 0 Å². The highest BCUT2D eigenvalue weighted by Gasteiger charge is 2.19. The van der Waals surface area contributed by atoms with Gasteiger partial charge in [0.25, 0.3) is 5.91 Å². The minimum absolute atomic E-state index is 0.0721. The third-order valence-corrected chi connectivity index (χ3v) is 6.11. The van der Waals surface area contributed by atoms with Crippen LogP contribution in [-0.2, 0) is 0 Å². The van der Waals surface area contributed by atoms with Gasteiger partial charge in [0, 0.05) is 28.4 Å². The number of pyridine rings is 1. The summed E-state index contributed by atoms with van der Waals surface area (Å²) in [5.74, 6) is 0.859. The summed E-state index contributed by atoms with van der Waals surface area (Å²) < 4.78 is 11.2. The van der Waals surface area contributed by atoms with E-state index in [4.69, 9.17) is 14.5 Å². The average molecular weight is 482 g/mol. The van der Waals surface area contributed by atoms with Gasteiger partial charge in [-0.3, -0.25) is 4.79 Å². The Kier molecular flexibility index (Phi) is 6.56. The molecule has 7 heteroatoms. The molecule has 0 aliphatic heterocycles. The van der Waals surface area contributed by atoms with Gasteiger partial charge in [-0.25, -0.2) is 4.98 Å². The van der Waals surface area contributed by atoms with Crippen LogP contribution < -0.4 is 14.8 Å². The number of rotatable bonds is 8. The molecule has 0 aliphatic rings. The highest BCUT2D eigenvalue weighted by molar-refractivity contribution is 6.13. The van der Waals surface area contributed by atoms with E-state index in [2.05, 4.69) is 10.3 Å². The van der Waals surface area contributed by atoms with Crippen molar-refractivity contribution in [1.82, 2.24) is 15.3 Å². The molecule has 0 fully saturated rings. The molecule has 1 unspecified atom stereocenters. The Morgan fingerprint density at radius 3 is 2.56 bits per heavy atom. The highest BCUT2D eigenvalue weighted by Crippen LogP contribution is 2.37. The third-order valence-electron chi connectivity index (χ3n) is 6.11. The van der Waals surface area contributed by atoms with Gasteiger partial charge in [-0.05, 0) is 42.8 Å². The van der Waals surface area contributed by atoms with Crippen LogP contribution in [0.4, 0.5) is 0 Å². The topological polar surface area (TPSA) is 96.5 Å². The van der Waals surface area contributed by atoms with Gasteiger partial charge in [-0.15, -0.1) is 0 Å². The van der Waals surface area contributed by atoms with Crippen molar-refractivity contribution in [3.63, 3.8) is 0 Å². The van der Waals surface area contributed by atoms with Gasteiger partial charge in [0.15, 0.2) is 11.5 Å². The first-order valence-corrected chi connectivity index (χ1v) is 11.8. The molecule has 0 radical (unpaired) electrons. The SMILES string of the molecule is CCOc1ccc(-c2nc(C(=O)NCC(O)c3ccccc3)cc3c2[nH]c2ccccc23)cc1OC. The number of amides is 1. The molecule has 3 aromatic carbocycles. The lowest BCUT2D eigenvalue weighted by Crippen LogP contribution is -2.29. The molecule has 0 saturated carbocycles. The molecule has 36 heavy (non-hydrogen) atoms. The standard InChI is InChI=1S/C29H27N3O4/c1-3-36-25-14-13-19(15-26(25)35-2)27-28-21(20-11-7-8-12-22(20)31-28)16-23(32-27)29(34)30-17-24(33)18-9-5-4-6-10-18/h4-16,24,31,33H,3,17H2,1-2H3,(H,30,34). The number of carbonyl (C=O) groups excluding carboxylic acids is 1. The quantitative estimate of drug-likeness (QED) is 0.281. The highest BCUT2D eigenvalue weighted by atomic mass is 16.5. The van der Waals surface area contributed by atoms with Gasteiger partial charge in [-0.1, -0.05) is 48.5 Å². The van der Waals surface area contributed by atoms with Gasteiger partial charge in [0.05, 0.1) is 31.0 Å². The number of fused-ring (bicyclic) bond motifs is 3. The number of para-hydroxylation sites is 1. The summed E-state index contributed by atoms with van der Waals surface area (Å²) in [5, 5.41) is 15.2. The molecule has 5 aromatic rings. The molecule has 0 bridgehead atoms. The predicted molar refractivity (Wildman–Crippen MR) is 140 cm³/mol. The second-order valence-electron chi connectivity index (χ2n) is 8.38. The Morgan fingerprint density at radius 1 is 1.00 bits per heavy atom. The Hall–Kier alpha value is -4.36. The predicted octanol–water partition coefficient (Wildman–Crippen LogP) is 5.25. The Balaban J connectivity index is 1.56. The van der Waals surface area contributed by atoms with Crippen molar-refractivity contribution in [2.24, 2.45) is 0 Å². The summed E-state index contributed by atoms with van der Waals surface area (Å²) in [5.41, 5.74) is 4.17. The summed E-state index contributed by atoms with van der Waals surface area (Å²) >= 11 is 0. The van der Waals surface area contributed by atoms with E-state index in [1.54, 1.807) is 13.2 Å². The van der Waals surface area contributed by atoms with Crippen LogP contribution in [0.25, 0.3) is 33.1 Å². The number of nitrogens with one attached hydrogen (secondary N) is 2. The molecule has 0 saturated heterocycles. The van der Waals surface area contributed by atoms with Crippen molar-refractivity contribution in [2.75, 3.05) is 20.3 Å². The van der Waals surface area contributed by atoms with Gasteiger partial charge < -0.3 is 24.9 Å². The van der Waals surface area contributed by atoms with Crippen LogP contribution in [-0.4, -0.2) is 41.2 Å². The number of aromatic amines is 1. The Bertz CT molecular complexity index is 1530. The number of hydrogen-bond acceptors (Lipinski definition) is 5. The number of methoxy groups -OCH3 is 1. The number of carbonyl (C=O) groups is 1. The second-order valence-corrected chi connectivity index (χ2v) is 8.38. The van der Waals surface area contributed by atoms with Gasteiger partial charge >= 0.3 is 0 Å². The van der Waals surface area contributed by atoms with E-state index in [9.17, 15) is 9.90 Å². The maximum atomic E-state index is 13.2. The van der Waals surface area contributed by atoms with Crippen molar-refractivity contribution in [2.45, 2.75) is 13.0 Å². The van der Waals surface area contributed by atoms with E-state index in [1.165, 1.54) is 0 Å². The van der Waals surface area contributed by atoms with Crippen molar-refractivity contribution in [3.05, 3.63) is 90.1 Å². The monoisotopic (exact) mass is 481 g/mol. The third kappa shape index (κ3) is 4.48. The van der Waals surface area contributed by atoms with E-state index in [0.29, 0.717) is 23.8 Å². The zero-order chi connectivity index (χ0) is 25.1. The molecule has 0 spiro atoms. The number of aliphatic hydroxyl groups is 1. The molecule has 1 amide bonds. The van der Waals surface area contributed by atoms with Crippen LogP contribution in [0.1, 0.15) is 29.1 Å². The summed E-state index contributed by atoms with van der Waals surface area (Å²) in [4.78, 5) is 21.4. The summed E-state index contributed by atoms with van der Waals surface area (Å²) in [7, 11) is 1.59. The van der Waals surface area contributed by atoms with Crippen LogP contribution in [0, 0.1) is 0 Å². The molecule has 1 atom stereocenters. The first kappa shape index (κ1) is 23.4. The Labute approximate surface area is 208 Å². The van der Waals surface area contributed by atoms with Crippen LogP contribution in [0.5, 0.6) is 11.5 Å². The molecule has 2 heterocycles. The first-order chi connectivity index (χ1) is 17.6. The number of hydrogen-bond donors (Lipinski definition) is 3. The number of H-pyrrole nitrogens is 1. The number of benzene rings is 3. The van der Waals surface area contributed by atoms with Gasteiger partial charge in [0.1, 0.15) is 5.69 Å². The zero-order valence-electron chi connectivity index (χ0n) is 20.1. The molecule has 0 aliphatic carbocycles. The fourth-order valence-electron chi connectivity index (χ4n) is 4.33. The van der Waals surface area contributed by atoms with E-state index < -0.39 is 6.10 Å². The number of aliphatic hydroxyl groups excluding tert-OH is 1. The summed E-state index contributed by atoms with van der Waals surface area (Å²) in [6.45, 7) is 2.51. The summed E-state index contributed by atoms with van der Waals surface area (Å²) in [6, 6.07) is 24.6. The van der Waals surface area contributed by atoms with Crippen molar-refractivity contribution >= 4 is 27.7 Å². The van der Waals surface area contributed by atoms with Crippen molar-refractivity contribution in [3.8, 4) is 22.8 Å². The summed E-state index contributed by atoms with van der Waals surface area (Å²) in [6.07, 6.45) is -0.818. The van der Waals surface area contributed by atoms with E-state index in [1.807, 2.05) is 79.7 Å². The number of ether oxygens (including phenoxy) is 2. The number of nitrogens with zero attached hydrogens (tertiary/aromatic N) is 1. The normalized spacial score (nSPS) is 12.0. The lowest BCUT2D eigenvalue weighted by molar-refractivity contribution is 0.0911. The maximum absolute atomic E-state index is 13.2. The lowest BCUT2D eigenvalue weighted by atomic mass is 10.1. The van der Waals surface area contributed by atoms with Crippen molar-refractivity contribution in [1.29, 1.82) is 0 Å². The largest absolute Gasteiger partial charge is 0.493 e. The van der Waals surface area contributed by atoms with E-state index >= 15 is 0 Å². The molecule has 2 aromatic heterocycles. The van der Waals surface area contributed by atoms with Gasteiger partial charge in [-0.2, -0.15) is 0 Å². The van der Waals surface area contributed by atoms with E-state index in [-0.39, 0.29) is 18.1 Å². The fourth-order valence-corrected chi connectivity index (χ4v) is 4.33. The molecule has 5 rings (SSSR count). The molecular weight excluding hydrogens is 454 g/mol. The van der Waals surface area contributed by atoms with Crippen molar-refractivity contribution < 1.29 is 19.4 Å². The Morgan fingerprint density at radius 2 is 1.78 bits per heavy atom. The smallest absolute Gasteiger partial charge is 0.270 e. The van der Waals surface area contributed by atoms with Gasteiger partial charge in [0.2, 0.25) is 0 Å². The zero-order valence-corrected chi connectivity index (χ0v) is 20.1. The van der Waals surface area contributed by atoms with E-state index in [0.717, 1.165) is 32.9 Å². The van der Waals surface area contributed by atoms with Crippen LogP contribution in [0.15, 0.2) is 78.9 Å². The minimum Gasteiger partial charge on any atom is -0.493 e. The average Bonchev–Trinajstić information content (AvgIpc) is 3.30. The molecule has 7 nitrogen and oxygen atoms in total. The first-order valence-electron chi connectivity index (χ1n) is 11.8. The molecular formula is C29H27N3O4.